The van der Waals surface area contributed by atoms with Gasteiger partial charge in [0.25, 0.3) is 0 Å². The number of aromatic amines is 1. The molecule has 0 aliphatic rings. The molecule has 0 unspecified atom stereocenters. The Morgan fingerprint density at radius 2 is 2.50 bits per heavy atom. The van der Waals surface area contributed by atoms with E-state index in [2.05, 4.69) is 24.9 Å². The number of anilines is 1. The molecule has 0 aliphatic heterocycles. The molecule has 0 spiro atoms. The molecule has 0 aliphatic carbocycles. The van der Waals surface area contributed by atoms with Crippen LogP contribution in [0.1, 0.15) is 5.69 Å². The molecule has 0 aromatic carbocycles. The van der Waals surface area contributed by atoms with Crippen LogP contribution in [-0.4, -0.2) is 19.6 Å². The average molecular weight is 181 g/mol. The van der Waals surface area contributed by atoms with Crippen LogP contribution in [0.3, 0.4) is 0 Å². The second-order valence-corrected chi connectivity index (χ2v) is 3.00. The lowest BCUT2D eigenvalue weighted by Gasteiger charge is -1.97. The molecule has 0 amide bonds. The number of nitrogens with zero attached hydrogens (tertiary/aromatic N) is 3. The van der Waals surface area contributed by atoms with E-state index in [0.29, 0.717) is 0 Å². The Bertz CT molecular complexity index is 279. The largest absolute Gasteiger partial charge is 0.369 e. The summed E-state index contributed by atoms with van der Waals surface area (Å²) in [6.07, 6.45) is 5.13. The Kier molecular flexibility index (Phi) is 2.00. The number of hydrogen-bond donors (Lipinski definition) is 2. The minimum absolute atomic E-state index is 0.726. The van der Waals surface area contributed by atoms with Crippen molar-refractivity contribution in [3.63, 3.8) is 0 Å². The zero-order valence-corrected chi connectivity index (χ0v) is 7.01. The predicted molar refractivity (Wildman–Crippen MR) is 45.8 cm³/mol. The van der Waals surface area contributed by atoms with Gasteiger partial charge in [0.15, 0.2) is 0 Å². The van der Waals surface area contributed by atoms with E-state index < -0.39 is 0 Å². The van der Waals surface area contributed by atoms with Gasteiger partial charge < -0.3 is 10.3 Å². The van der Waals surface area contributed by atoms with E-state index in [0.717, 1.165) is 17.2 Å². The van der Waals surface area contributed by atoms with Crippen molar-refractivity contribution < 1.29 is 0 Å². The molecule has 2 heterocycles. The molecular weight excluding hydrogens is 174 g/mol. The fourth-order valence-electron chi connectivity index (χ4n) is 0.809. The summed E-state index contributed by atoms with van der Waals surface area (Å²) in [5.41, 5.74) is 1.04. The molecular formula is C6H7N5S. The van der Waals surface area contributed by atoms with Crippen molar-refractivity contribution >= 4 is 16.5 Å². The van der Waals surface area contributed by atoms with Gasteiger partial charge in [0.2, 0.25) is 0 Å². The first kappa shape index (κ1) is 7.23. The molecule has 2 aromatic rings. The number of hydrogen-bond acceptors (Lipinski definition) is 5. The molecule has 62 valence electrons. The van der Waals surface area contributed by atoms with Crippen LogP contribution < -0.4 is 5.32 Å². The fourth-order valence-corrected chi connectivity index (χ4v) is 1.22. The third-order valence-corrected chi connectivity index (χ3v) is 1.99. The Morgan fingerprint density at radius 3 is 3.17 bits per heavy atom. The third kappa shape index (κ3) is 1.59. The fraction of sp³-hybridized carbons (Fsp3) is 0.167. The Balaban J connectivity index is 1.91. The van der Waals surface area contributed by atoms with Crippen LogP contribution in [0.4, 0.5) is 5.00 Å². The molecule has 2 aromatic heterocycles. The topological polar surface area (TPSA) is 66.5 Å². The minimum Gasteiger partial charge on any atom is -0.369 e. The molecule has 6 heteroatoms. The van der Waals surface area contributed by atoms with E-state index in [9.17, 15) is 0 Å². The second-order valence-electron chi connectivity index (χ2n) is 2.21. The van der Waals surface area contributed by atoms with Gasteiger partial charge in [0.05, 0.1) is 24.8 Å². The van der Waals surface area contributed by atoms with Crippen molar-refractivity contribution in [2.75, 3.05) is 5.32 Å². The smallest absolute Gasteiger partial charge is 0.130 e. The van der Waals surface area contributed by atoms with Gasteiger partial charge in [-0.05, 0) is 0 Å². The lowest BCUT2D eigenvalue weighted by atomic mass is 10.5. The molecule has 2 rings (SSSR count). The highest BCUT2D eigenvalue weighted by atomic mass is 32.1. The van der Waals surface area contributed by atoms with E-state index in [-0.39, 0.29) is 0 Å². The van der Waals surface area contributed by atoms with Gasteiger partial charge in [0.1, 0.15) is 5.00 Å². The Hall–Kier alpha value is -1.43. The number of imidazole rings is 1. The third-order valence-electron chi connectivity index (χ3n) is 1.37. The zero-order chi connectivity index (χ0) is 8.23. The summed E-state index contributed by atoms with van der Waals surface area (Å²) >= 11 is 1.34. The van der Waals surface area contributed by atoms with Crippen LogP contribution in [0, 0.1) is 0 Å². The summed E-state index contributed by atoms with van der Waals surface area (Å²) in [5.74, 6) is 0. The van der Waals surface area contributed by atoms with Crippen molar-refractivity contribution in [1.29, 1.82) is 0 Å². The maximum atomic E-state index is 3.90. The molecule has 2 N–H and O–H groups in total. The first-order chi connectivity index (χ1) is 5.95. The van der Waals surface area contributed by atoms with E-state index in [4.69, 9.17) is 0 Å². The van der Waals surface area contributed by atoms with Gasteiger partial charge in [-0.25, -0.2) is 4.98 Å². The number of rotatable bonds is 3. The average Bonchev–Trinajstić information content (AvgIpc) is 2.74. The molecule has 0 atom stereocenters. The molecule has 0 bridgehead atoms. The van der Waals surface area contributed by atoms with E-state index in [1.54, 1.807) is 18.7 Å². The van der Waals surface area contributed by atoms with Crippen LogP contribution in [0.15, 0.2) is 18.7 Å². The molecule has 0 saturated heterocycles. The van der Waals surface area contributed by atoms with Gasteiger partial charge in [-0.2, -0.15) is 0 Å². The van der Waals surface area contributed by atoms with Crippen LogP contribution in [0.2, 0.25) is 0 Å². The van der Waals surface area contributed by atoms with Gasteiger partial charge in [-0.3, -0.25) is 0 Å². The maximum absolute atomic E-state index is 3.90. The minimum atomic E-state index is 0.726. The summed E-state index contributed by atoms with van der Waals surface area (Å²) in [4.78, 5) is 6.89. The SMILES string of the molecule is c1ncc(CNc2cnns2)[nH]1. The Morgan fingerprint density at radius 1 is 1.50 bits per heavy atom. The lowest BCUT2D eigenvalue weighted by molar-refractivity contribution is 1.08. The number of aromatic nitrogens is 4. The monoisotopic (exact) mass is 181 g/mol. The van der Waals surface area contributed by atoms with Crippen LogP contribution in [0.25, 0.3) is 0 Å². The highest BCUT2D eigenvalue weighted by molar-refractivity contribution is 7.09. The first-order valence-electron chi connectivity index (χ1n) is 3.43. The van der Waals surface area contributed by atoms with Crippen LogP contribution >= 0.6 is 11.5 Å². The molecule has 0 radical (unpaired) electrons. The van der Waals surface area contributed by atoms with Crippen molar-refractivity contribution in [1.82, 2.24) is 19.6 Å². The Labute approximate surface area is 73.0 Å². The van der Waals surface area contributed by atoms with Crippen LogP contribution in [-0.2, 0) is 6.54 Å². The van der Waals surface area contributed by atoms with Crippen molar-refractivity contribution in [3.8, 4) is 0 Å². The van der Waals surface area contributed by atoms with Crippen molar-refractivity contribution in [2.45, 2.75) is 6.54 Å². The van der Waals surface area contributed by atoms with E-state index in [1.165, 1.54) is 11.5 Å². The quantitative estimate of drug-likeness (QED) is 0.737. The standard InChI is InChI=1S/C6H7N5S/c1-5(9-4-7-1)2-8-6-3-10-11-12-6/h1,3-4,8H,2H2,(H,7,9). The lowest BCUT2D eigenvalue weighted by Crippen LogP contribution is -1.97. The summed E-state index contributed by atoms with van der Waals surface area (Å²) in [5, 5.41) is 7.81. The first-order valence-corrected chi connectivity index (χ1v) is 4.21. The molecule has 5 nitrogen and oxygen atoms in total. The summed E-state index contributed by atoms with van der Waals surface area (Å²) in [6, 6.07) is 0. The number of nitrogens with one attached hydrogen (secondary N) is 2. The van der Waals surface area contributed by atoms with Gasteiger partial charge >= 0.3 is 0 Å². The van der Waals surface area contributed by atoms with Crippen molar-refractivity contribution in [2.24, 2.45) is 0 Å². The maximum Gasteiger partial charge on any atom is 0.130 e. The molecule has 0 fully saturated rings. The highest BCUT2D eigenvalue weighted by Gasteiger charge is 1.95. The predicted octanol–water partition coefficient (Wildman–Crippen LogP) is 0.873. The van der Waals surface area contributed by atoms with Gasteiger partial charge in [-0.15, -0.1) is 5.10 Å². The van der Waals surface area contributed by atoms with Gasteiger partial charge in [0, 0.05) is 17.7 Å². The van der Waals surface area contributed by atoms with Crippen molar-refractivity contribution in [3.05, 3.63) is 24.4 Å². The summed E-state index contributed by atoms with van der Waals surface area (Å²) in [6.45, 7) is 0.726. The number of H-pyrrole nitrogens is 1. The molecule has 12 heavy (non-hydrogen) atoms. The van der Waals surface area contributed by atoms with E-state index in [1.807, 2.05) is 0 Å². The zero-order valence-electron chi connectivity index (χ0n) is 6.19. The van der Waals surface area contributed by atoms with Gasteiger partial charge in [-0.1, -0.05) is 4.49 Å². The normalized spacial score (nSPS) is 10.0. The highest BCUT2D eigenvalue weighted by Crippen LogP contribution is 2.09. The van der Waals surface area contributed by atoms with E-state index >= 15 is 0 Å². The summed E-state index contributed by atoms with van der Waals surface area (Å²) in [7, 11) is 0. The second kappa shape index (κ2) is 3.31. The molecule has 0 saturated carbocycles. The summed E-state index contributed by atoms with van der Waals surface area (Å²) < 4.78 is 3.73. The van der Waals surface area contributed by atoms with Crippen LogP contribution in [0.5, 0.6) is 0 Å².